The molecule has 1 aliphatic rings. The van der Waals surface area contributed by atoms with Gasteiger partial charge in [0, 0.05) is 42.3 Å². The van der Waals surface area contributed by atoms with Gasteiger partial charge in [-0.15, -0.1) is 0 Å². The number of H-pyrrole nitrogens is 1. The first kappa shape index (κ1) is 25.8. The average Bonchev–Trinajstić information content (AvgIpc) is 3.43. The van der Waals surface area contributed by atoms with E-state index >= 15 is 0 Å². The zero-order valence-corrected chi connectivity index (χ0v) is 22.1. The molecule has 0 saturated heterocycles. The van der Waals surface area contributed by atoms with E-state index in [1.54, 1.807) is 66.1 Å². The number of amides is 3. The Kier molecular flexibility index (Phi) is 7.64. The molecule has 0 fully saturated rings. The highest BCUT2D eigenvalue weighted by Gasteiger charge is 2.34. The van der Waals surface area contributed by atoms with Gasteiger partial charge in [-0.05, 0) is 71.7 Å². The van der Waals surface area contributed by atoms with Crippen LogP contribution in [0.4, 0.5) is 16.2 Å². The second-order valence-electron chi connectivity index (χ2n) is 8.86. The number of urea groups is 1. The zero-order chi connectivity index (χ0) is 26.6. The van der Waals surface area contributed by atoms with Crippen molar-refractivity contribution < 1.29 is 14.1 Å². The van der Waals surface area contributed by atoms with Crippen molar-refractivity contribution in [1.82, 2.24) is 19.9 Å². The summed E-state index contributed by atoms with van der Waals surface area (Å²) in [6.07, 6.45) is 7.77. The summed E-state index contributed by atoms with van der Waals surface area (Å²) in [4.78, 5) is 40.5. The molecular formula is C27H25ClN6O3S. The van der Waals surface area contributed by atoms with Crippen molar-refractivity contribution in [3.8, 4) is 0 Å². The van der Waals surface area contributed by atoms with E-state index in [4.69, 9.17) is 11.6 Å². The van der Waals surface area contributed by atoms with Gasteiger partial charge < -0.3 is 25.1 Å². The minimum absolute atomic E-state index is 0.143. The number of anilines is 2. The summed E-state index contributed by atoms with van der Waals surface area (Å²) >= 11 is 4.95. The lowest BCUT2D eigenvalue weighted by atomic mass is 9.90. The number of rotatable bonds is 7. The Morgan fingerprint density at radius 2 is 1.89 bits per heavy atom. The van der Waals surface area contributed by atoms with Gasteiger partial charge in [0.1, 0.15) is 6.26 Å². The summed E-state index contributed by atoms with van der Waals surface area (Å²) in [5, 5.41) is 6.08. The summed E-state index contributed by atoms with van der Waals surface area (Å²) in [5.74, 6) is -0.143. The van der Waals surface area contributed by atoms with Crippen LogP contribution in [0.5, 0.6) is 0 Å². The molecule has 2 aromatic carbocycles. The molecule has 0 saturated carbocycles. The molecule has 3 heterocycles. The normalized spacial score (nSPS) is 15.6. The summed E-state index contributed by atoms with van der Waals surface area (Å²) in [6, 6.07) is 15.0. The number of nitrogens with zero attached hydrogens (tertiary/aromatic N) is 3. The predicted molar refractivity (Wildman–Crippen MR) is 147 cm³/mol. The van der Waals surface area contributed by atoms with E-state index in [0.29, 0.717) is 46.2 Å². The number of aromatic nitrogens is 3. The Hall–Kier alpha value is -3.86. The van der Waals surface area contributed by atoms with Crippen molar-refractivity contribution in [2.45, 2.75) is 23.8 Å². The number of hydrogen-bond donors (Lipinski definition) is 3. The minimum atomic E-state index is -1.10. The standard InChI is InChI=1S/C27H25ClN6O3S/c1-38(37)22-7-5-19(6-8-22)32-27(36)33-20-4-2-17-12-25(24-9-3-18(28)14-30-24)34(26(35)23(17)13-20)11-10-21-15-29-16-31-21/h2-9,13-16,25H,10-12H2,1H3,(H,29,31)(H2,32,33,36). The Morgan fingerprint density at radius 1 is 1.13 bits per heavy atom. The van der Waals surface area contributed by atoms with Crippen molar-refractivity contribution in [2.75, 3.05) is 23.4 Å². The molecule has 38 heavy (non-hydrogen) atoms. The van der Waals surface area contributed by atoms with Crippen LogP contribution in [0.15, 0.2) is 78.2 Å². The number of pyridine rings is 1. The fourth-order valence-corrected chi connectivity index (χ4v) is 5.07. The van der Waals surface area contributed by atoms with Crippen LogP contribution in [0.25, 0.3) is 0 Å². The maximum Gasteiger partial charge on any atom is 0.323 e. The van der Waals surface area contributed by atoms with E-state index < -0.39 is 17.2 Å². The van der Waals surface area contributed by atoms with Crippen LogP contribution in [0, 0.1) is 0 Å². The average molecular weight is 549 g/mol. The highest BCUT2D eigenvalue weighted by Crippen LogP contribution is 2.34. The topological polar surface area (TPSA) is 126 Å². The molecule has 11 heteroatoms. The van der Waals surface area contributed by atoms with Gasteiger partial charge in [0.25, 0.3) is 5.91 Å². The third-order valence-corrected chi connectivity index (χ3v) is 7.51. The van der Waals surface area contributed by atoms with Gasteiger partial charge in [-0.1, -0.05) is 17.7 Å². The molecule has 2 aromatic heterocycles. The minimum Gasteiger partial charge on any atom is -0.612 e. The summed E-state index contributed by atoms with van der Waals surface area (Å²) in [7, 11) is 0. The van der Waals surface area contributed by atoms with Gasteiger partial charge in [-0.25, -0.2) is 9.78 Å². The molecule has 2 atom stereocenters. The number of benzene rings is 2. The molecular weight excluding hydrogens is 524 g/mol. The van der Waals surface area contributed by atoms with Crippen LogP contribution in [-0.2, 0) is 24.0 Å². The van der Waals surface area contributed by atoms with Gasteiger partial charge in [0.15, 0.2) is 4.90 Å². The molecule has 9 nitrogen and oxygen atoms in total. The quantitative estimate of drug-likeness (QED) is 0.285. The number of imidazole rings is 1. The van der Waals surface area contributed by atoms with Crippen LogP contribution >= 0.6 is 11.6 Å². The third kappa shape index (κ3) is 5.83. The van der Waals surface area contributed by atoms with Crippen molar-refractivity contribution >= 4 is 46.1 Å². The predicted octanol–water partition coefficient (Wildman–Crippen LogP) is 4.82. The molecule has 0 aliphatic carbocycles. The lowest BCUT2D eigenvalue weighted by molar-refractivity contribution is 0.0645. The van der Waals surface area contributed by atoms with Gasteiger partial charge in [0.05, 0.1) is 28.8 Å². The molecule has 3 amide bonds. The SMILES string of the molecule is C[S+]([O-])c1ccc(NC(=O)Nc2ccc3c(c2)C(=O)N(CCc2c[nH]cn2)C(c2ccc(Cl)cn2)C3)cc1. The zero-order valence-electron chi connectivity index (χ0n) is 20.5. The maximum atomic E-state index is 13.7. The first-order valence-electron chi connectivity index (χ1n) is 11.9. The molecule has 0 spiro atoms. The van der Waals surface area contributed by atoms with Crippen molar-refractivity contribution in [3.63, 3.8) is 0 Å². The lowest BCUT2D eigenvalue weighted by Crippen LogP contribution is -2.42. The molecule has 2 unspecified atom stereocenters. The highest BCUT2D eigenvalue weighted by molar-refractivity contribution is 7.90. The number of halogens is 1. The maximum absolute atomic E-state index is 13.7. The van der Waals surface area contributed by atoms with Gasteiger partial charge >= 0.3 is 6.03 Å². The summed E-state index contributed by atoms with van der Waals surface area (Å²) in [5.41, 5.74) is 4.09. The molecule has 0 bridgehead atoms. The van der Waals surface area contributed by atoms with E-state index in [1.807, 2.05) is 18.3 Å². The van der Waals surface area contributed by atoms with E-state index in [1.165, 1.54) is 0 Å². The fourth-order valence-electron chi connectivity index (χ4n) is 4.44. The Balaban J connectivity index is 1.35. The third-order valence-electron chi connectivity index (χ3n) is 6.35. The Morgan fingerprint density at radius 3 is 2.58 bits per heavy atom. The van der Waals surface area contributed by atoms with Gasteiger partial charge in [-0.2, -0.15) is 0 Å². The van der Waals surface area contributed by atoms with E-state index in [2.05, 4.69) is 25.6 Å². The number of aromatic amines is 1. The molecule has 3 N–H and O–H groups in total. The Bertz CT molecular complexity index is 1430. The van der Waals surface area contributed by atoms with E-state index in [0.717, 1.165) is 17.0 Å². The molecule has 0 radical (unpaired) electrons. The van der Waals surface area contributed by atoms with Crippen LogP contribution in [0.1, 0.15) is 33.4 Å². The van der Waals surface area contributed by atoms with Gasteiger partial charge in [0.2, 0.25) is 0 Å². The Labute approximate surface area is 227 Å². The van der Waals surface area contributed by atoms with Crippen molar-refractivity contribution in [2.24, 2.45) is 0 Å². The van der Waals surface area contributed by atoms with Crippen LogP contribution < -0.4 is 10.6 Å². The first-order chi connectivity index (χ1) is 18.4. The van der Waals surface area contributed by atoms with Crippen molar-refractivity contribution in [3.05, 3.63) is 101 Å². The molecule has 5 rings (SSSR count). The second-order valence-corrected chi connectivity index (χ2v) is 10.7. The second kappa shape index (κ2) is 11.3. The summed E-state index contributed by atoms with van der Waals surface area (Å²) < 4.78 is 11.6. The monoisotopic (exact) mass is 548 g/mol. The number of fused-ring (bicyclic) bond motifs is 1. The number of carbonyl (C=O) groups excluding carboxylic acids is 2. The number of nitrogens with one attached hydrogen (secondary N) is 3. The van der Waals surface area contributed by atoms with Gasteiger partial charge in [-0.3, -0.25) is 9.78 Å². The largest absolute Gasteiger partial charge is 0.612 e. The van der Waals surface area contributed by atoms with Crippen LogP contribution in [0.2, 0.25) is 5.02 Å². The smallest absolute Gasteiger partial charge is 0.323 e. The van der Waals surface area contributed by atoms with Crippen LogP contribution in [-0.4, -0.2) is 49.1 Å². The number of carbonyl (C=O) groups is 2. The molecule has 1 aliphatic heterocycles. The number of hydrogen-bond acceptors (Lipinski definition) is 5. The van der Waals surface area contributed by atoms with Crippen LogP contribution in [0.3, 0.4) is 0 Å². The lowest BCUT2D eigenvalue weighted by Gasteiger charge is -2.36. The molecule has 4 aromatic rings. The fraction of sp³-hybridized carbons (Fsp3) is 0.185. The van der Waals surface area contributed by atoms with E-state index in [-0.39, 0.29) is 11.9 Å². The summed E-state index contributed by atoms with van der Waals surface area (Å²) in [6.45, 7) is 0.453. The van der Waals surface area contributed by atoms with E-state index in [9.17, 15) is 14.1 Å². The molecule has 194 valence electrons. The first-order valence-corrected chi connectivity index (χ1v) is 13.9. The van der Waals surface area contributed by atoms with Crippen molar-refractivity contribution in [1.29, 1.82) is 0 Å². The highest BCUT2D eigenvalue weighted by atomic mass is 35.5.